The highest BCUT2D eigenvalue weighted by Gasteiger charge is 2.27. The van der Waals surface area contributed by atoms with Crippen LogP contribution in [0.15, 0.2) is 23.1 Å². The Kier molecular flexibility index (Phi) is 4.35. The maximum atomic E-state index is 12.3. The zero-order valence-electron chi connectivity index (χ0n) is 10.7. The summed E-state index contributed by atoms with van der Waals surface area (Å²) in [5.74, 6) is -0.0828. The highest BCUT2D eigenvalue weighted by atomic mass is 35.5. The van der Waals surface area contributed by atoms with Crippen molar-refractivity contribution in [3.05, 3.63) is 23.2 Å². The van der Waals surface area contributed by atoms with E-state index in [0.717, 1.165) is 6.54 Å². The van der Waals surface area contributed by atoms with E-state index in [0.29, 0.717) is 18.8 Å². The molecular weight excluding hydrogens is 288 g/mol. The van der Waals surface area contributed by atoms with Crippen molar-refractivity contribution in [2.45, 2.75) is 11.0 Å². The van der Waals surface area contributed by atoms with E-state index in [1.54, 1.807) is 6.07 Å². The molecular formula is C12H17ClN2O3S. The zero-order valence-corrected chi connectivity index (χ0v) is 12.2. The molecule has 1 atom stereocenters. The summed E-state index contributed by atoms with van der Waals surface area (Å²) in [6, 6.07) is 4.47. The number of ether oxygens (including phenoxy) is 1. The molecule has 0 radical (unpaired) electrons. The molecule has 0 saturated carbocycles. The average Bonchev–Trinajstić information content (AvgIpc) is 2.31. The number of halogens is 1. The number of likely N-dealkylation sites (N-methyl/N-ethyl adjacent to an activating group) is 1. The van der Waals surface area contributed by atoms with Crippen molar-refractivity contribution in [2.24, 2.45) is 0 Å². The molecule has 1 aliphatic heterocycles. The number of hydrogen-bond acceptors (Lipinski definition) is 5. The SMILES string of the molecule is CN1CCOC(CS(=O)(=O)c2cc(N)ccc2Cl)C1. The first-order valence-electron chi connectivity index (χ1n) is 5.96. The predicted octanol–water partition coefficient (Wildman–Crippen LogP) is 1.03. The first-order chi connectivity index (χ1) is 8.88. The van der Waals surface area contributed by atoms with Gasteiger partial charge in [0.05, 0.1) is 28.4 Å². The molecule has 1 saturated heterocycles. The summed E-state index contributed by atoms with van der Waals surface area (Å²) in [7, 11) is -1.56. The van der Waals surface area contributed by atoms with Crippen LogP contribution >= 0.6 is 11.6 Å². The van der Waals surface area contributed by atoms with E-state index in [9.17, 15) is 8.42 Å². The summed E-state index contributed by atoms with van der Waals surface area (Å²) in [4.78, 5) is 2.12. The summed E-state index contributed by atoms with van der Waals surface area (Å²) in [5.41, 5.74) is 6.00. The van der Waals surface area contributed by atoms with E-state index in [1.165, 1.54) is 12.1 Å². The second kappa shape index (κ2) is 5.66. The third kappa shape index (κ3) is 3.60. The summed E-state index contributed by atoms with van der Waals surface area (Å²) < 4.78 is 30.2. The number of hydrogen-bond donors (Lipinski definition) is 1. The average molecular weight is 305 g/mol. The summed E-state index contributed by atoms with van der Waals surface area (Å²) in [5, 5.41) is 0.193. The van der Waals surface area contributed by atoms with E-state index >= 15 is 0 Å². The van der Waals surface area contributed by atoms with Crippen molar-refractivity contribution in [1.82, 2.24) is 4.90 Å². The van der Waals surface area contributed by atoms with Crippen molar-refractivity contribution in [1.29, 1.82) is 0 Å². The maximum Gasteiger partial charge on any atom is 0.182 e. The van der Waals surface area contributed by atoms with Crippen LogP contribution in [0.25, 0.3) is 0 Å². The van der Waals surface area contributed by atoms with E-state index < -0.39 is 9.84 Å². The lowest BCUT2D eigenvalue weighted by Gasteiger charge is -2.29. The van der Waals surface area contributed by atoms with Crippen LogP contribution in [0.4, 0.5) is 5.69 Å². The molecule has 0 aromatic heterocycles. The number of nitrogens with two attached hydrogens (primary N) is 1. The van der Waals surface area contributed by atoms with E-state index in [4.69, 9.17) is 22.1 Å². The third-order valence-corrected chi connectivity index (χ3v) is 5.30. The summed E-state index contributed by atoms with van der Waals surface area (Å²) in [6.45, 7) is 1.95. The molecule has 7 heteroatoms. The van der Waals surface area contributed by atoms with Crippen LogP contribution < -0.4 is 5.73 Å². The van der Waals surface area contributed by atoms with Gasteiger partial charge in [0.15, 0.2) is 9.84 Å². The molecule has 0 spiro atoms. The minimum absolute atomic E-state index is 0.0750. The van der Waals surface area contributed by atoms with Gasteiger partial charge < -0.3 is 15.4 Å². The topological polar surface area (TPSA) is 72.6 Å². The Labute approximate surface area is 118 Å². The van der Waals surface area contributed by atoms with Crippen LogP contribution in [0.5, 0.6) is 0 Å². The molecule has 0 aliphatic carbocycles. The summed E-state index contributed by atoms with van der Waals surface area (Å²) >= 11 is 5.94. The fraction of sp³-hybridized carbons (Fsp3) is 0.500. The molecule has 19 heavy (non-hydrogen) atoms. The molecule has 1 heterocycles. The lowest BCUT2D eigenvalue weighted by atomic mass is 10.3. The number of nitrogen functional groups attached to an aromatic ring is 1. The van der Waals surface area contributed by atoms with Crippen LogP contribution in [0.3, 0.4) is 0 Å². The third-order valence-electron chi connectivity index (χ3n) is 3.04. The predicted molar refractivity (Wildman–Crippen MR) is 75.2 cm³/mol. The second-order valence-electron chi connectivity index (χ2n) is 4.73. The number of anilines is 1. The minimum atomic E-state index is -3.50. The minimum Gasteiger partial charge on any atom is -0.399 e. The van der Waals surface area contributed by atoms with E-state index in [1.807, 2.05) is 11.9 Å². The molecule has 1 fully saturated rings. The van der Waals surface area contributed by atoms with Crippen LogP contribution in [-0.4, -0.2) is 51.9 Å². The monoisotopic (exact) mass is 304 g/mol. The van der Waals surface area contributed by atoms with Gasteiger partial charge in [-0.2, -0.15) is 0 Å². The number of benzene rings is 1. The van der Waals surface area contributed by atoms with Crippen molar-refractivity contribution in [2.75, 3.05) is 38.2 Å². The second-order valence-corrected chi connectivity index (χ2v) is 7.14. The van der Waals surface area contributed by atoms with Gasteiger partial charge in [0, 0.05) is 18.8 Å². The standard InChI is InChI=1S/C12H17ClN2O3S/c1-15-4-5-18-10(7-15)8-19(16,17)12-6-9(14)2-3-11(12)13/h2-3,6,10H,4-5,7-8,14H2,1H3. The number of morpholine rings is 1. The van der Waals surface area contributed by atoms with Crippen molar-refractivity contribution >= 4 is 27.1 Å². The molecule has 5 nitrogen and oxygen atoms in total. The van der Waals surface area contributed by atoms with Crippen molar-refractivity contribution in [3.63, 3.8) is 0 Å². The Morgan fingerprint density at radius 2 is 2.26 bits per heavy atom. The van der Waals surface area contributed by atoms with Gasteiger partial charge in [-0.05, 0) is 25.2 Å². The highest BCUT2D eigenvalue weighted by molar-refractivity contribution is 7.91. The lowest BCUT2D eigenvalue weighted by Crippen LogP contribution is -2.43. The Morgan fingerprint density at radius 1 is 1.53 bits per heavy atom. The lowest BCUT2D eigenvalue weighted by molar-refractivity contribution is -0.00680. The smallest absolute Gasteiger partial charge is 0.182 e. The van der Waals surface area contributed by atoms with E-state index in [2.05, 4.69) is 0 Å². The molecule has 1 aromatic carbocycles. The first kappa shape index (κ1) is 14.6. The molecule has 106 valence electrons. The van der Waals surface area contributed by atoms with Gasteiger partial charge in [0.2, 0.25) is 0 Å². The quantitative estimate of drug-likeness (QED) is 0.844. The maximum absolute atomic E-state index is 12.3. The van der Waals surface area contributed by atoms with Crippen LogP contribution in [-0.2, 0) is 14.6 Å². The van der Waals surface area contributed by atoms with Crippen LogP contribution in [0.2, 0.25) is 5.02 Å². The molecule has 1 unspecified atom stereocenters. The first-order valence-corrected chi connectivity index (χ1v) is 7.99. The Balaban J connectivity index is 2.20. The van der Waals surface area contributed by atoms with Crippen molar-refractivity contribution in [3.8, 4) is 0 Å². The summed E-state index contributed by atoms with van der Waals surface area (Å²) in [6.07, 6.45) is -0.332. The van der Waals surface area contributed by atoms with E-state index in [-0.39, 0.29) is 21.8 Å². The van der Waals surface area contributed by atoms with Crippen LogP contribution in [0.1, 0.15) is 0 Å². The fourth-order valence-electron chi connectivity index (χ4n) is 2.06. The van der Waals surface area contributed by atoms with Gasteiger partial charge in [0.25, 0.3) is 0 Å². The highest BCUT2D eigenvalue weighted by Crippen LogP contribution is 2.25. The van der Waals surface area contributed by atoms with Gasteiger partial charge >= 0.3 is 0 Å². The Morgan fingerprint density at radius 3 is 2.95 bits per heavy atom. The Hall–Kier alpha value is -0.820. The van der Waals surface area contributed by atoms with Crippen LogP contribution in [0, 0.1) is 0 Å². The normalized spacial score (nSPS) is 21.5. The van der Waals surface area contributed by atoms with Crippen molar-refractivity contribution < 1.29 is 13.2 Å². The molecule has 0 bridgehead atoms. The Bertz CT molecular complexity index is 562. The van der Waals surface area contributed by atoms with Gasteiger partial charge in [-0.1, -0.05) is 11.6 Å². The van der Waals surface area contributed by atoms with Gasteiger partial charge in [-0.25, -0.2) is 8.42 Å². The number of sulfone groups is 1. The van der Waals surface area contributed by atoms with Gasteiger partial charge in [0.1, 0.15) is 0 Å². The molecule has 0 amide bonds. The molecule has 2 N–H and O–H groups in total. The largest absolute Gasteiger partial charge is 0.399 e. The van der Waals surface area contributed by atoms with Gasteiger partial charge in [-0.3, -0.25) is 0 Å². The molecule has 2 rings (SSSR count). The zero-order chi connectivity index (χ0) is 14.0. The number of nitrogens with zero attached hydrogens (tertiary/aromatic N) is 1. The van der Waals surface area contributed by atoms with Gasteiger partial charge in [-0.15, -0.1) is 0 Å². The molecule has 1 aliphatic rings. The fourth-order valence-corrected chi connectivity index (χ4v) is 4.08. The molecule has 1 aromatic rings. The number of rotatable bonds is 3.